The largest absolute Gasteiger partial charge is 0.333 e. The van der Waals surface area contributed by atoms with Crippen LogP contribution in [0, 0.1) is 6.17 Å². The van der Waals surface area contributed by atoms with E-state index in [4.69, 9.17) is 5.73 Å². The zero-order valence-electron chi connectivity index (χ0n) is 5.95. The first-order valence-electron chi connectivity index (χ1n) is 3.22. The third-order valence-electron chi connectivity index (χ3n) is 1.30. The number of carbonyl (C=O) groups excluding carboxylic acids is 1. The molecule has 0 bridgehead atoms. The van der Waals surface area contributed by atoms with E-state index >= 15 is 0 Å². The summed E-state index contributed by atoms with van der Waals surface area (Å²) in [4.78, 5) is 9.98. The molecule has 0 spiro atoms. The van der Waals surface area contributed by atoms with Gasteiger partial charge < -0.3 is 11.1 Å². The zero-order valence-corrected chi connectivity index (χ0v) is 5.95. The molecule has 1 aromatic rings. The molecule has 3 heteroatoms. The lowest BCUT2D eigenvalue weighted by molar-refractivity contribution is -0.109. The highest BCUT2D eigenvalue weighted by Crippen LogP contribution is 2.03. The molecule has 0 atom stereocenters. The first kappa shape index (κ1) is 7.75. The summed E-state index contributed by atoms with van der Waals surface area (Å²) in [6.07, 6.45) is 0.933. The van der Waals surface area contributed by atoms with Crippen LogP contribution in [0.25, 0.3) is 0 Å². The summed E-state index contributed by atoms with van der Waals surface area (Å²) in [6.45, 7) is 0. The van der Waals surface area contributed by atoms with Crippen molar-refractivity contribution in [3.8, 4) is 0 Å². The molecule has 1 radical (unpaired) electrons. The molecular weight excluding hydrogens is 140 g/mol. The number of nitrogens with two attached hydrogens (primary N) is 1. The van der Waals surface area contributed by atoms with Crippen molar-refractivity contribution in [3.63, 3.8) is 0 Å². The van der Waals surface area contributed by atoms with E-state index in [1.165, 1.54) is 0 Å². The standard InChI is InChI=1S/C8H9N2O/c9-8(10-6-11)7-4-2-1-3-5-7/h1-6H,9H2,(H,10,11). The summed E-state index contributed by atoms with van der Waals surface area (Å²) in [5, 5.41) is 2.38. The Balaban J connectivity index is 2.68. The fourth-order valence-corrected chi connectivity index (χ4v) is 0.765. The van der Waals surface area contributed by atoms with Gasteiger partial charge in [0.25, 0.3) is 0 Å². The Bertz CT molecular complexity index is 223. The molecule has 0 saturated carbocycles. The zero-order chi connectivity index (χ0) is 8.10. The molecular formula is C8H9N2O. The number of carbonyl (C=O) groups is 1. The van der Waals surface area contributed by atoms with Crippen LogP contribution in [0.5, 0.6) is 0 Å². The first-order valence-corrected chi connectivity index (χ1v) is 3.22. The van der Waals surface area contributed by atoms with E-state index in [-0.39, 0.29) is 0 Å². The molecule has 0 heterocycles. The maximum absolute atomic E-state index is 9.98. The number of benzene rings is 1. The molecule has 0 aliphatic rings. The topological polar surface area (TPSA) is 55.1 Å². The minimum absolute atomic E-state index is 0.376. The average Bonchev–Trinajstić information content (AvgIpc) is 2.07. The van der Waals surface area contributed by atoms with Crippen LogP contribution in [0.2, 0.25) is 0 Å². The maximum atomic E-state index is 9.98. The fraction of sp³-hybridized carbons (Fsp3) is 0. The average molecular weight is 149 g/mol. The van der Waals surface area contributed by atoms with Crippen LogP contribution >= 0.6 is 0 Å². The van der Waals surface area contributed by atoms with Gasteiger partial charge in [0.15, 0.2) is 6.17 Å². The molecule has 0 aliphatic heterocycles. The summed E-state index contributed by atoms with van der Waals surface area (Å²) < 4.78 is 0. The minimum Gasteiger partial charge on any atom is -0.333 e. The van der Waals surface area contributed by atoms with Crippen LogP contribution in [0.3, 0.4) is 0 Å². The van der Waals surface area contributed by atoms with Crippen LogP contribution in [-0.2, 0) is 4.79 Å². The van der Waals surface area contributed by atoms with E-state index in [0.29, 0.717) is 12.6 Å². The number of nitrogens with one attached hydrogen (secondary N) is 1. The highest BCUT2D eigenvalue weighted by atomic mass is 16.1. The fourth-order valence-electron chi connectivity index (χ4n) is 0.765. The Hall–Kier alpha value is -1.35. The monoisotopic (exact) mass is 149 g/mol. The summed E-state index contributed by atoms with van der Waals surface area (Å²) in [7, 11) is 0. The quantitative estimate of drug-likeness (QED) is 0.604. The number of hydrogen-bond acceptors (Lipinski definition) is 2. The first-order chi connectivity index (χ1) is 5.34. The van der Waals surface area contributed by atoms with Crippen molar-refractivity contribution in [2.45, 2.75) is 0 Å². The second-order valence-corrected chi connectivity index (χ2v) is 2.04. The van der Waals surface area contributed by atoms with Crippen molar-refractivity contribution in [2.24, 2.45) is 5.73 Å². The number of amides is 1. The smallest absolute Gasteiger partial charge is 0.208 e. The predicted octanol–water partition coefficient (Wildman–Crippen LogP) is 0.229. The van der Waals surface area contributed by atoms with Gasteiger partial charge in [-0.1, -0.05) is 30.3 Å². The molecule has 3 nitrogen and oxygen atoms in total. The van der Waals surface area contributed by atoms with Gasteiger partial charge in [0, 0.05) is 0 Å². The summed E-state index contributed by atoms with van der Waals surface area (Å²) >= 11 is 0. The van der Waals surface area contributed by atoms with Crippen LogP contribution in [-0.4, -0.2) is 6.41 Å². The molecule has 0 aliphatic carbocycles. The van der Waals surface area contributed by atoms with Gasteiger partial charge in [0.1, 0.15) is 0 Å². The normalized spacial score (nSPS) is 9.64. The van der Waals surface area contributed by atoms with E-state index < -0.39 is 0 Å². The Morgan fingerprint density at radius 1 is 1.36 bits per heavy atom. The maximum Gasteiger partial charge on any atom is 0.208 e. The van der Waals surface area contributed by atoms with Crippen molar-refractivity contribution in [2.75, 3.05) is 0 Å². The van der Waals surface area contributed by atoms with Crippen LogP contribution < -0.4 is 11.1 Å². The molecule has 0 unspecified atom stereocenters. The van der Waals surface area contributed by atoms with Crippen molar-refractivity contribution in [1.29, 1.82) is 0 Å². The van der Waals surface area contributed by atoms with Gasteiger partial charge in [-0.25, -0.2) is 0 Å². The number of hydrogen-bond donors (Lipinski definition) is 2. The molecule has 11 heavy (non-hydrogen) atoms. The second-order valence-electron chi connectivity index (χ2n) is 2.04. The van der Waals surface area contributed by atoms with Crippen LogP contribution in [0.4, 0.5) is 0 Å². The van der Waals surface area contributed by atoms with Crippen molar-refractivity contribution in [1.82, 2.24) is 5.32 Å². The Kier molecular flexibility index (Phi) is 2.63. The Morgan fingerprint density at radius 3 is 2.55 bits per heavy atom. The lowest BCUT2D eigenvalue weighted by atomic mass is 10.2. The molecule has 57 valence electrons. The minimum atomic E-state index is 0.376. The molecule has 3 N–H and O–H groups in total. The Morgan fingerprint density at radius 2 is 2.00 bits per heavy atom. The van der Waals surface area contributed by atoms with Crippen molar-refractivity contribution < 1.29 is 4.79 Å². The van der Waals surface area contributed by atoms with Crippen LogP contribution in [0.15, 0.2) is 30.3 Å². The summed E-state index contributed by atoms with van der Waals surface area (Å²) in [6, 6.07) is 9.25. The molecule has 0 aromatic heterocycles. The highest BCUT2D eigenvalue weighted by molar-refractivity contribution is 5.51. The van der Waals surface area contributed by atoms with E-state index in [0.717, 1.165) is 5.56 Å². The van der Waals surface area contributed by atoms with Gasteiger partial charge in [-0.05, 0) is 5.56 Å². The summed E-state index contributed by atoms with van der Waals surface area (Å²) in [5.41, 5.74) is 6.30. The molecule has 1 aromatic carbocycles. The van der Waals surface area contributed by atoms with E-state index in [2.05, 4.69) is 5.32 Å². The highest BCUT2D eigenvalue weighted by Gasteiger charge is 2.02. The van der Waals surface area contributed by atoms with Gasteiger partial charge in [-0.3, -0.25) is 4.79 Å². The third-order valence-corrected chi connectivity index (χ3v) is 1.30. The second kappa shape index (κ2) is 3.73. The van der Waals surface area contributed by atoms with E-state index in [1.54, 1.807) is 0 Å². The third kappa shape index (κ3) is 2.05. The summed E-state index contributed by atoms with van der Waals surface area (Å²) in [5.74, 6) is 0. The van der Waals surface area contributed by atoms with E-state index in [1.807, 2.05) is 30.3 Å². The van der Waals surface area contributed by atoms with E-state index in [9.17, 15) is 4.79 Å². The SMILES string of the molecule is N[C](NC=O)c1ccccc1. The lowest BCUT2D eigenvalue weighted by Crippen LogP contribution is -2.28. The predicted molar refractivity (Wildman–Crippen MR) is 42.2 cm³/mol. The Labute approximate surface area is 65.2 Å². The van der Waals surface area contributed by atoms with Crippen molar-refractivity contribution >= 4 is 6.41 Å². The molecule has 1 amide bonds. The molecule has 1 rings (SSSR count). The lowest BCUT2D eigenvalue weighted by Gasteiger charge is -2.07. The van der Waals surface area contributed by atoms with Gasteiger partial charge in [-0.15, -0.1) is 0 Å². The molecule has 0 saturated heterocycles. The van der Waals surface area contributed by atoms with Crippen molar-refractivity contribution in [3.05, 3.63) is 42.1 Å². The van der Waals surface area contributed by atoms with Gasteiger partial charge in [-0.2, -0.15) is 0 Å². The van der Waals surface area contributed by atoms with Gasteiger partial charge in [0.05, 0.1) is 0 Å². The van der Waals surface area contributed by atoms with Crippen LogP contribution in [0.1, 0.15) is 5.56 Å². The molecule has 0 fully saturated rings. The van der Waals surface area contributed by atoms with Gasteiger partial charge in [0.2, 0.25) is 6.41 Å². The van der Waals surface area contributed by atoms with Gasteiger partial charge >= 0.3 is 0 Å². The number of rotatable bonds is 3.